The number of rotatable bonds is 12. The lowest BCUT2D eigenvalue weighted by molar-refractivity contribution is -0.136. The molecule has 1 saturated heterocycles. The van der Waals surface area contributed by atoms with Crippen molar-refractivity contribution >= 4 is 17.8 Å². The van der Waals surface area contributed by atoms with Crippen LogP contribution in [0.1, 0.15) is 39.2 Å². The second-order valence-electron chi connectivity index (χ2n) is 10.6. The zero-order chi connectivity index (χ0) is 29.9. The molecule has 1 aromatic heterocycles. The van der Waals surface area contributed by atoms with Crippen molar-refractivity contribution in [2.45, 2.75) is 46.2 Å². The Labute approximate surface area is 246 Å². The molecule has 1 aliphatic rings. The molecule has 12 nitrogen and oxygen atoms in total. The van der Waals surface area contributed by atoms with Gasteiger partial charge in [0.2, 0.25) is 17.6 Å². The number of hydrogen-bond donors (Lipinski definition) is 3. The van der Waals surface area contributed by atoms with Crippen molar-refractivity contribution in [3.05, 3.63) is 54.1 Å². The number of amides is 4. The van der Waals surface area contributed by atoms with Crippen LogP contribution in [0.25, 0.3) is 22.5 Å². The van der Waals surface area contributed by atoms with Gasteiger partial charge in [0.25, 0.3) is 0 Å². The number of ether oxygens (including phenoxy) is 1. The third-order valence-corrected chi connectivity index (χ3v) is 7.23. The first-order valence-corrected chi connectivity index (χ1v) is 14.5. The van der Waals surface area contributed by atoms with Crippen molar-refractivity contribution in [1.82, 2.24) is 41.1 Å². The second-order valence-corrected chi connectivity index (χ2v) is 10.6. The van der Waals surface area contributed by atoms with Gasteiger partial charge in [-0.15, -0.1) is 10.2 Å². The zero-order valence-corrected chi connectivity index (χ0v) is 24.5. The summed E-state index contributed by atoms with van der Waals surface area (Å²) < 4.78 is 5.29. The van der Waals surface area contributed by atoms with E-state index in [0.717, 1.165) is 35.1 Å². The van der Waals surface area contributed by atoms with Crippen LogP contribution in [0.2, 0.25) is 0 Å². The van der Waals surface area contributed by atoms with Crippen LogP contribution in [0.4, 0.5) is 4.79 Å². The van der Waals surface area contributed by atoms with Crippen LogP contribution in [-0.2, 0) is 20.9 Å². The van der Waals surface area contributed by atoms with E-state index in [0.29, 0.717) is 45.2 Å². The highest BCUT2D eigenvalue weighted by molar-refractivity contribution is 5.90. The first-order valence-electron chi connectivity index (χ1n) is 14.5. The van der Waals surface area contributed by atoms with Crippen LogP contribution in [0, 0.1) is 5.92 Å². The maximum absolute atomic E-state index is 13.4. The Morgan fingerprint density at radius 2 is 1.76 bits per heavy atom. The number of tetrazole rings is 1. The number of hydrogen-bond acceptors (Lipinski definition) is 7. The number of H-pyrrole nitrogens is 1. The highest BCUT2D eigenvalue weighted by atomic mass is 16.5. The Balaban J connectivity index is 1.40. The molecule has 3 N–H and O–H groups in total. The summed E-state index contributed by atoms with van der Waals surface area (Å²) in [6, 6.07) is 14.8. The first-order chi connectivity index (χ1) is 20.4. The Hall–Kier alpha value is -4.32. The van der Waals surface area contributed by atoms with Crippen LogP contribution in [0.15, 0.2) is 48.5 Å². The topological polar surface area (TPSA) is 145 Å². The van der Waals surface area contributed by atoms with Crippen molar-refractivity contribution in [2.75, 3.05) is 39.4 Å². The van der Waals surface area contributed by atoms with Gasteiger partial charge in [-0.25, -0.2) is 4.79 Å². The number of urea groups is 1. The summed E-state index contributed by atoms with van der Waals surface area (Å²) in [7, 11) is 0. The Morgan fingerprint density at radius 3 is 2.40 bits per heavy atom. The standard InChI is InChI=1S/C30H40N8O4/c1-4-5-14-38(30(41)32-27(21(2)3)29(40)31-19-26(39)37-15-17-42-18-16-37)20-22-10-12-23(13-11-22)24-8-6-7-9-25(24)28-33-35-36-34-28/h6-13,21,27H,4-5,14-20H2,1-3H3,(H,31,40)(H,32,41)(H,33,34,35,36). The molecule has 4 rings (SSSR count). The van der Waals surface area contributed by atoms with E-state index in [4.69, 9.17) is 4.74 Å². The number of benzene rings is 2. The molecule has 42 heavy (non-hydrogen) atoms. The van der Waals surface area contributed by atoms with E-state index < -0.39 is 6.04 Å². The van der Waals surface area contributed by atoms with Gasteiger partial charge in [-0.2, -0.15) is 5.21 Å². The summed E-state index contributed by atoms with van der Waals surface area (Å²) in [5, 5.41) is 20.0. The zero-order valence-electron chi connectivity index (χ0n) is 24.5. The number of unbranched alkanes of at least 4 members (excludes halogenated alkanes) is 1. The Morgan fingerprint density at radius 1 is 1.05 bits per heavy atom. The summed E-state index contributed by atoms with van der Waals surface area (Å²) in [6.45, 7) is 8.65. The van der Waals surface area contributed by atoms with Gasteiger partial charge in [-0.05, 0) is 34.2 Å². The third kappa shape index (κ3) is 8.12. The number of nitrogens with zero attached hydrogens (tertiary/aromatic N) is 5. The molecule has 2 heterocycles. The Bertz CT molecular complexity index is 1310. The van der Waals surface area contributed by atoms with E-state index >= 15 is 0 Å². The van der Waals surface area contributed by atoms with Crippen molar-refractivity contribution in [3.8, 4) is 22.5 Å². The maximum Gasteiger partial charge on any atom is 0.318 e. The lowest BCUT2D eigenvalue weighted by Gasteiger charge is -2.29. The summed E-state index contributed by atoms with van der Waals surface area (Å²) in [5.41, 5.74) is 3.80. The summed E-state index contributed by atoms with van der Waals surface area (Å²) in [6.07, 6.45) is 1.75. The van der Waals surface area contributed by atoms with E-state index in [9.17, 15) is 14.4 Å². The number of aromatic amines is 1. The molecule has 3 aromatic rings. The molecule has 224 valence electrons. The molecule has 12 heteroatoms. The smallest absolute Gasteiger partial charge is 0.318 e. The quantitative estimate of drug-likeness (QED) is 0.301. The molecular formula is C30H40N8O4. The fourth-order valence-electron chi connectivity index (χ4n) is 4.77. The fraction of sp³-hybridized carbons (Fsp3) is 0.467. The van der Waals surface area contributed by atoms with Crippen molar-refractivity contribution in [2.24, 2.45) is 5.92 Å². The number of nitrogens with one attached hydrogen (secondary N) is 3. The third-order valence-electron chi connectivity index (χ3n) is 7.23. The average molecular weight is 577 g/mol. The molecule has 0 spiro atoms. The molecule has 0 bridgehead atoms. The molecule has 1 unspecified atom stereocenters. The number of aromatic nitrogens is 4. The van der Waals surface area contributed by atoms with Gasteiger partial charge in [0, 0.05) is 31.7 Å². The number of morpholine rings is 1. The molecule has 1 aliphatic heterocycles. The monoisotopic (exact) mass is 576 g/mol. The SMILES string of the molecule is CCCCN(Cc1ccc(-c2ccccc2-c2nn[nH]n2)cc1)C(=O)NC(C(=O)NCC(=O)N1CCOCC1)C(C)C. The minimum absolute atomic E-state index is 0.111. The van der Waals surface area contributed by atoms with E-state index in [1.54, 1.807) is 9.80 Å². The van der Waals surface area contributed by atoms with Crippen molar-refractivity contribution < 1.29 is 19.1 Å². The van der Waals surface area contributed by atoms with Crippen LogP contribution < -0.4 is 10.6 Å². The van der Waals surface area contributed by atoms with Crippen LogP contribution in [-0.4, -0.2) is 93.7 Å². The highest BCUT2D eigenvalue weighted by Gasteiger charge is 2.27. The number of carbonyl (C=O) groups excluding carboxylic acids is 3. The minimum atomic E-state index is -0.775. The van der Waals surface area contributed by atoms with E-state index in [1.165, 1.54) is 0 Å². The predicted molar refractivity (Wildman–Crippen MR) is 158 cm³/mol. The highest BCUT2D eigenvalue weighted by Crippen LogP contribution is 2.29. The second kappa shape index (κ2) is 15.1. The predicted octanol–water partition coefficient (Wildman–Crippen LogP) is 2.85. The fourth-order valence-corrected chi connectivity index (χ4v) is 4.77. The normalized spacial score (nSPS) is 14.0. The molecule has 0 saturated carbocycles. The molecule has 1 atom stereocenters. The van der Waals surface area contributed by atoms with Gasteiger partial charge in [0.1, 0.15) is 6.04 Å². The van der Waals surface area contributed by atoms with Gasteiger partial charge in [0.05, 0.1) is 19.8 Å². The van der Waals surface area contributed by atoms with E-state index in [1.807, 2.05) is 62.4 Å². The van der Waals surface area contributed by atoms with Gasteiger partial charge < -0.3 is 25.2 Å². The van der Waals surface area contributed by atoms with Gasteiger partial charge in [0.15, 0.2) is 0 Å². The van der Waals surface area contributed by atoms with Gasteiger partial charge in [-0.3, -0.25) is 9.59 Å². The average Bonchev–Trinajstić information content (AvgIpc) is 3.56. The molecular weight excluding hydrogens is 536 g/mol. The summed E-state index contributed by atoms with van der Waals surface area (Å²) in [5.74, 6) is -0.182. The largest absolute Gasteiger partial charge is 0.378 e. The van der Waals surface area contributed by atoms with E-state index in [2.05, 4.69) is 38.2 Å². The van der Waals surface area contributed by atoms with E-state index in [-0.39, 0.29) is 30.3 Å². The molecule has 4 amide bonds. The molecule has 0 radical (unpaired) electrons. The van der Waals surface area contributed by atoms with Gasteiger partial charge in [-0.1, -0.05) is 75.7 Å². The minimum Gasteiger partial charge on any atom is -0.378 e. The molecule has 2 aromatic carbocycles. The molecule has 0 aliphatic carbocycles. The summed E-state index contributed by atoms with van der Waals surface area (Å²) >= 11 is 0. The Kier molecular flexibility index (Phi) is 11.0. The number of carbonyl (C=O) groups is 3. The first kappa shape index (κ1) is 30.6. The lowest BCUT2D eigenvalue weighted by Crippen LogP contribution is -2.55. The summed E-state index contributed by atoms with van der Waals surface area (Å²) in [4.78, 5) is 42.4. The van der Waals surface area contributed by atoms with Crippen LogP contribution in [0.5, 0.6) is 0 Å². The molecule has 1 fully saturated rings. The van der Waals surface area contributed by atoms with Crippen LogP contribution in [0.3, 0.4) is 0 Å². The van der Waals surface area contributed by atoms with Crippen molar-refractivity contribution in [1.29, 1.82) is 0 Å². The van der Waals surface area contributed by atoms with Crippen LogP contribution >= 0.6 is 0 Å². The van der Waals surface area contributed by atoms with Gasteiger partial charge >= 0.3 is 6.03 Å². The lowest BCUT2D eigenvalue weighted by atomic mass is 9.98. The maximum atomic E-state index is 13.4. The van der Waals surface area contributed by atoms with Crippen molar-refractivity contribution in [3.63, 3.8) is 0 Å².